The van der Waals surface area contributed by atoms with Crippen LogP contribution in [0.25, 0.3) is 0 Å². The first kappa shape index (κ1) is 13.1. The molecule has 1 aromatic rings. The topological polar surface area (TPSA) is 12.0 Å². The third kappa shape index (κ3) is 3.11. The maximum atomic E-state index is 3.63. The van der Waals surface area contributed by atoms with Gasteiger partial charge in [-0.1, -0.05) is 27.2 Å². The number of aryl methyl sites for hydroxylation is 2. The second-order valence-electron chi connectivity index (χ2n) is 5.44. The van der Waals surface area contributed by atoms with E-state index in [-0.39, 0.29) is 0 Å². The molecule has 0 amide bonds. The molecule has 0 radical (unpaired) electrons. The zero-order chi connectivity index (χ0) is 12.3. The van der Waals surface area contributed by atoms with Gasteiger partial charge in [0, 0.05) is 15.8 Å². The summed E-state index contributed by atoms with van der Waals surface area (Å²) >= 11 is 2.06. The van der Waals surface area contributed by atoms with Crippen LogP contribution in [-0.4, -0.2) is 6.54 Å². The predicted molar refractivity (Wildman–Crippen MR) is 76.8 cm³/mol. The van der Waals surface area contributed by atoms with Gasteiger partial charge in [-0.2, -0.15) is 0 Å². The van der Waals surface area contributed by atoms with Crippen LogP contribution in [0.2, 0.25) is 0 Å². The number of hydrogen-bond donors (Lipinski definition) is 1. The highest BCUT2D eigenvalue weighted by Crippen LogP contribution is 2.34. The summed E-state index contributed by atoms with van der Waals surface area (Å²) in [6.45, 7) is 7.90. The Kier molecular flexibility index (Phi) is 4.63. The van der Waals surface area contributed by atoms with Crippen LogP contribution < -0.4 is 5.32 Å². The molecule has 1 unspecified atom stereocenters. The molecule has 0 aromatic carbocycles. The lowest BCUT2D eigenvalue weighted by Crippen LogP contribution is -2.24. The zero-order valence-corrected chi connectivity index (χ0v) is 12.2. The van der Waals surface area contributed by atoms with Crippen molar-refractivity contribution < 1.29 is 0 Å². The van der Waals surface area contributed by atoms with Crippen LogP contribution in [0.3, 0.4) is 0 Å². The summed E-state index contributed by atoms with van der Waals surface area (Å²) in [5.74, 6) is 0.678. The van der Waals surface area contributed by atoms with E-state index in [4.69, 9.17) is 0 Å². The van der Waals surface area contributed by atoms with Crippen molar-refractivity contribution in [1.82, 2.24) is 5.32 Å². The molecule has 1 atom stereocenters. The van der Waals surface area contributed by atoms with Gasteiger partial charge in [0.05, 0.1) is 0 Å². The third-order valence-electron chi connectivity index (χ3n) is 3.66. The number of nitrogens with one attached hydrogen (secondary N) is 1. The Bertz CT molecular complexity index is 330. The standard InChI is InChI=1S/C15H25NS/c1-4-16-15(11(2)3)14-10-12-8-6-5-7-9-13(12)17-14/h10-11,15-16H,4-9H2,1-3H3. The summed E-state index contributed by atoms with van der Waals surface area (Å²) in [4.78, 5) is 3.23. The van der Waals surface area contributed by atoms with E-state index >= 15 is 0 Å². The van der Waals surface area contributed by atoms with Gasteiger partial charge in [-0.15, -0.1) is 11.3 Å². The van der Waals surface area contributed by atoms with Gasteiger partial charge in [0.25, 0.3) is 0 Å². The molecule has 0 bridgehead atoms. The average Bonchev–Trinajstić information content (AvgIpc) is 2.56. The fourth-order valence-corrected chi connectivity index (χ4v) is 4.24. The van der Waals surface area contributed by atoms with E-state index in [1.54, 1.807) is 15.3 Å². The highest BCUT2D eigenvalue weighted by Gasteiger charge is 2.20. The van der Waals surface area contributed by atoms with Crippen molar-refractivity contribution >= 4 is 11.3 Å². The van der Waals surface area contributed by atoms with Crippen molar-refractivity contribution in [1.29, 1.82) is 0 Å². The quantitative estimate of drug-likeness (QED) is 0.786. The molecule has 1 N–H and O–H groups in total. The Morgan fingerprint density at radius 1 is 1.24 bits per heavy atom. The summed E-state index contributed by atoms with van der Waals surface area (Å²) in [6, 6.07) is 3.04. The van der Waals surface area contributed by atoms with E-state index in [2.05, 4.69) is 43.5 Å². The Labute approximate surface area is 110 Å². The predicted octanol–water partition coefficient (Wildman–Crippen LogP) is 4.32. The van der Waals surface area contributed by atoms with Crippen LogP contribution in [-0.2, 0) is 12.8 Å². The van der Waals surface area contributed by atoms with Crippen molar-refractivity contribution in [3.05, 3.63) is 21.4 Å². The van der Waals surface area contributed by atoms with Gasteiger partial charge in [-0.3, -0.25) is 0 Å². The molecule has 1 aliphatic carbocycles. The lowest BCUT2D eigenvalue weighted by atomic mass is 10.0. The van der Waals surface area contributed by atoms with E-state index in [1.807, 2.05) is 0 Å². The normalized spacial score (nSPS) is 17.9. The lowest BCUT2D eigenvalue weighted by molar-refractivity contribution is 0.427. The fraction of sp³-hybridized carbons (Fsp3) is 0.733. The van der Waals surface area contributed by atoms with E-state index < -0.39 is 0 Å². The smallest absolute Gasteiger partial charge is 0.0438 e. The molecule has 2 heteroatoms. The Morgan fingerprint density at radius 3 is 2.71 bits per heavy atom. The monoisotopic (exact) mass is 251 g/mol. The van der Waals surface area contributed by atoms with Crippen molar-refractivity contribution in [3.8, 4) is 0 Å². The number of fused-ring (bicyclic) bond motifs is 1. The molecule has 0 saturated heterocycles. The summed E-state index contributed by atoms with van der Waals surface area (Å²) in [6.07, 6.45) is 6.81. The Balaban J connectivity index is 2.20. The van der Waals surface area contributed by atoms with Crippen molar-refractivity contribution in [2.45, 2.75) is 58.9 Å². The summed E-state index contributed by atoms with van der Waals surface area (Å²) in [5, 5.41) is 3.63. The van der Waals surface area contributed by atoms with Crippen LogP contribution in [0.1, 0.15) is 61.4 Å². The van der Waals surface area contributed by atoms with Crippen molar-refractivity contribution in [2.24, 2.45) is 5.92 Å². The van der Waals surface area contributed by atoms with Crippen molar-refractivity contribution in [2.75, 3.05) is 6.54 Å². The van der Waals surface area contributed by atoms with Gasteiger partial charge in [-0.05, 0) is 49.8 Å². The summed E-state index contributed by atoms with van der Waals surface area (Å²) in [7, 11) is 0. The first-order valence-corrected chi connectivity index (χ1v) is 7.89. The molecule has 96 valence electrons. The van der Waals surface area contributed by atoms with E-state index in [0.717, 1.165) is 6.54 Å². The summed E-state index contributed by atoms with van der Waals surface area (Å²) in [5.41, 5.74) is 1.64. The molecule has 0 fully saturated rings. The number of hydrogen-bond acceptors (Lipinski definition) is 2. The molecule has 1 aliphatic rings. The van der Waals surface area contributed by atoms with Gasteiger partial charge in [0.15, 0.2) is 0 Å². The lowest BCUT2D eigenvalue weighted by Gasteiger charge is -2.20. The van der Waals surface area contributed by atoms with E-state index in [0.29, 0.717) is 12.0 Å². The Morgan fingerprint density at radius 2 is 2.00 bits per heavy atom. The highest BCUT2D eigenvalue weighted by molar-refractivity contribution is 7.12. The SMILES string of the molecule is CCNC(c1cc2c(s1)CCCCC2)C(C)C. The van der Waals surface area contributed by atoms with Crippen LogP contribution in [0, 0.1) is 5.92 Å². The molecule has 1 nitrogen and oxygen atoms in total. The van der Waals surface area contributed by atoms with E-state index in [1.165, 1.54) is 32.1 Å². The van der Waals surface area contributed by atoms with Gasteiger partial charge in [-0.25, -0.2) is 0 Å². The molecular weight excluding hydrogens is 226 g/mol. The molecule has 1 heterocycles. The highest BCUT2D eigenvalue weighted by atomic mass is 32.1. The molecule has 2 rings (SSSR count). The largest absolute Gasteiger partial charge is 0.309 e. The van der Waals surface area contributed by atoms with Crippen molar-refractivity contribution in [3.63, 3.8) is 0 Å². The maximum Gasteiger partial charge on any atom is 0.0438 e. The minimum atomic E-state index is 0.553. The summed E-state index contributed by atoms with van der Waals surface area (Å²) < 4.78 is 0. The van der Waals surface area contributed by atoms with Gasteiger partial charge in [0.2, 0.25) is 0 Å². The molecule has 17 heavy (non-hydrogen) atoms. The van der Waals surface area contributed by atoms with Gasteiger partial charge < -0.3 is 5.32 Å². The second-order valence-corrected chi connectivity index (χ2v) is 6.61. The van der Waals surface area contributed by atoms with Crippen LogP contribution in [0.4, 0.5) is 0 Å². The minimum absolute atomic E-state index is 0.553. The van der Waals surface area contributed by atoms with Crippen LogP contribution >= 0.6 is 11.3 Å². The maximum absolute atomic E-state index is 3.63. The first-order valence-electron chi connectivity index (χ1n) is 7.07. The van der Waals surface area contributed by atoms with Crippen LogP contribution in [0.15, 0.2) is 6.07 Å². The number of rotatable bonds is 4. The molecule has 0 saturated carbocycles. The fourth-order valence-electron chi connectivity index (χ4n) is 2.73. The molecule has 0 aliphatic heterocycles. The zero-order valence-electron chi connectivity index (χ0n) is 11.4. The van der Waals surface area contributed by atoms with Gasteiger partial charge >= 0.3 is 0 Å². The minimum Gasteiger partial charge on any atom is -0.309 e. The van der Waals surface area contributed by atoms with Gasteiger partial charge in [0.1, 0.15) is 0 Å². The average molecular weight is 251 g/mol. The Hall–Kier alpha value is -0.340. The molecule has 1 aromatic heterocycles. The molecule has 0 spiro atoms. The van der Waals surface area contributed by atoms with E-state index in [9.17, 15) is 0 Å². The first-order chi connectivity index (χ1) is 8.22. The van der Waals surface area contributed by atoms with Crippen LogP contribution in [0.5, 0.6) is 0 Å². The second kappa shape index (κ2) is 6.01. The molecular formula is C15H25NS. The third-order valence-corrected chi connectivity index (χ3v) is 4.98. The number of thiophene rings is 1.